The number of carbonyl (C=O) groups excluding carboxylic acids is 1. The third-order valence-corrected chi connectivity index (χ3v) is 1.17. The van der Waals surface area contributed by atoms with E-state index in [0.717, 1.165) is 12.0 Å². The minimum absolute atomic E-state index is 0.611. The Bertz CT molecular complexity index is 195. The Hall–Kier alpha value is -1.32. The van der Waals surface area contributed by atoms with Crippen LogP contribution in [-0.2, 0) is 11.3 Å². The van der Waals surface area contributed by atoms with Crippen LogP contribution in [0.3, 0.4) is 0 Å². The molecule has 0 spiro atoms. The number of aromatic amines is 1. The maximum absolute atomic E-state index is 10.1. The molecule has 1 amide bonds. The molecule has 0 aliphatic rings. The van der Waals surface area contributed by atoms with Crippen molar-refractivity contribution in [3.8, 4) is 0 Å². The summed E-state index contributed by atoms with van der Waals surface area (Å²) in [4.78, 5) is 11.7. The molecule has 1 rings (SSSR count). The fraction of sp³-hybridized carbons (Fsp3) is 0.333. The third-order valence-electron chi connectivity index (χ3n) is 1.17. The first-order valence-electron chi connectivity index (χ1n) is 2.96. The van der Waals surface area contributed by atoms with Gasteiger partial charge in [-0.3, -0.25) is 9.89 Å². The van der Waals surface area contributed by atoms with Crippen molar-refractivity contribution in [2.24, 2.45) is 0 Å². The molecule has 4 heteroatoms. The second-order valence-electron chi connectivity index (χ2n) is 2.13. The zero-order valence-corrected chi connectivity index (χ0v) is 5.74. The van der Waals surface area contributed by atoms with Gasteiger partial charge in [-0.05, 0) is 0 Å². The summed E-state index contributed by atoms with van der Waals surface area (Å²) in [6.45, 7) is 0.611. The number of aromatic nitrogens is 2. The van der Waals surface area contributed by atoms with Crippen molar-refractivity contribution in [3.05, 3.63) is 18.0 Å². The Morgan fingerprint density at radius 2 is 2.70 bits per heavy atom. The second-order valence-corrected chi connectivity index (χ2v) is 2.13. The summed E-state index contributed by atoms with van der Waals surface area (Å²) < 4.78 is 0. The molecule has 0 aliphatic carbocycles. The zero-order valence-electron chi connectivity index (χ0n) is 5.74. The Morgan fingerprint density at radius 1 is 1.90 bits per heavy atom. The zero-order chi connectivity index (χ0) is 7.40. The first-order valence-corrected chi connectivity index (χ1v) is 2.96. The van der Waals surface area contributed by atoms with Gasteiger partial charge in [0.2, 0.25) is 6.41 Å². The smallest absolute Gasteiger partial charge is 0.209 e. The van der Waals surface area contributed by atoms with Crippen LogP contribution in [0.25, 0.3) is 0 Å². The molecule has 1 N–H and O–H groups in total. The van der Waals surface area contributed by atoms with Crippen molar-refractivity contribution < 1.29 is 4.79 Å². The average Bonchev–Trinajstić information content (AvgIpc) is 2.40. The lowest BCUT2D eigenvalue weighted by Crippen LogP contribution is -2.14. The van der Waals surface area contributed by atoms with Crippen LogP contribution in [0.15, 0.2) is 12.4 Å². The van der Waals surface area contributed by atoms with E-state index in [4.69, 9.17) is 0 Å². The SMILES string of the molecule is CN(C=O)Cc1cn[nH]c1. The van der Waals surface area contributed by atoms with E-state index >= 15 is 0 Å². The van der Waals surface area contributed by atoms with Gasteiger partial charge in [-0.15, -0.1) is 0 Å². The quantitative estimate of drug-likeness (QED) is 0.599. The van der Waals surface area contributed by atoms with E-state index in [1.165, 1.54) is 0 Å². The van der Waals surface area contributed by atoms with Crippen LogP contribution in [0.4, 0.5) is 0 Å². The fourth-order valence-corrected chi connectivity index (χ4v) is 0.689. The summed E-state index contributed by atoms with van der Waals surface area (Å²) in [7, 11) is 1.72. The Morgan fingerprint density at radius 3 is 3.20 bits per heavy atom. The predicted molar refractivity (Wildman–Crippen MR) is 36.1 cm³/mol. The molecular formula is C6H9N3O. The molecule has 0 aromatic carbocycles. The van der Waals surface area contributed by atoms with Crippen LogP contribution < -0.4 is 0 Å². The largest absolute Gasteiger partial charge is 0.344 e. The van der Waals surface area contributed by atoms with Crippen LogP contribution in [-0.4, -0.2) is 28.6 Å². The number of nitrogens with one attached hydrogen (secondary N) is 1. The second kappa shape index (κ2) is 3.00. The molecule has 0 atom stereocenters. The Kier molecular flexibility index (Phi) is 2.04. The van der Waals surface area contributed by atoms with E-state index in [1.807, 2.05) is 0 Å². The number of carbonyl (C=O) groups is 1. The number of hydrogen-bond acceptors (Lipinski definition) is 2. The van der Waals surface area contributed by atoms with Gasteiger partial charge in [0.25, 0.3) is 0 Å². The Balaban J connectivity index is 2.47. The van der Waals surface area contributed by atoms with Gasteiger partial charge >= 0.3 is 0 Å². The van der Waals surface area contributed by atoms with Gasteiger partial charge in [-0.2, -0.15) is 5.10 Å². The van der Waals surface area contributed by atoms with Crippen LogP contribution in [0, 0.1) is 0 Å². The van der Waals surface area contributed by atoms with Crippen LogP contribution in [0.5, 0.6) is 0 Å². The number of hydrogen-bond donors (Lipinski definition) is 1. The van der Waals surface area contributed by atoms with Gasteiger partial charge in [0.05, 0.1) is 6.20 Å². The van der Waals surface area contributed by atoms with Gasteiger partial charge in [0.1, 0.15) is 0 Å². The van der Waals surface area contributed by atoms with Crippen molar-refractivity contribution in [1.82, 2.24) is 15.1 Å². The Labute approximate surface area is 58.8 Å². The lowest BCUT2D eigenvalue weighted by atomic mass is 10.3. The molecule has 0 saturated carbocycles. The van der Waals surface area contributed by atoms with Crippen molar-refractivity contribution in [3.63, 3.8) is 0 Å². The minimum atomic E-state index is 0.611. The van der Waals surface area contributed by atoms with Crippen LogP contribution >= 0.6 is 0 Å². The number of nitrogens with zero attached hydrogens (tertiary/aromatic N) is 2. The highest BCUT2D eigenvalue weighted by Crippen LogP contribution is 1.95. The summed E-state index contributed by atoms with van der Waals surface area (Å²) >= 11 is 0. The lowest BCUT2D eigenvalue weighted by Gasteiger charge is -2.06. The van der Waals surface area contributed by atoms with Gasteiger partial charge in [0.15, 0.2) is 0 Å². The molecule has 1 aromatic heterocycles. The van der Waals surface area contributed by atoms with Crippen molar-refractivity contribution in [2.75, 3.05) is 7.05 Å². The highest BCUT2D eigenvalue weighted by molar-refractivity contribution is 5.46. The fourth-order valence-electron chi connectivity index (χ4n) is 0.689. The summed E-state index contributed by atoms with van der Waals surface area (Å²) in [5.74, 6) is 0. The summed E-state index contributed by atoms with van der Waals surface area (Å²) in [5, 5.41) is 6.41. The number of H-pyrrole nitrogens is 1. The van der Waals surface area contributed by atoms with E-state index in [-0.39, 0.29) is 0 Å². The highest BCUT2D eigenvalue weighted by Gasteiger charge is 1.95. The average molecular weight is 139 g/mol. The maximum Gasteiger partial charge on any atom is 0.209 e. The summed E-state index contributed by atoms with van der Waals surface area (Å²) in [6, 6.07) is 0. The minimum Gasteiger partial charge on any atom is -0.344 e. The van der Waals surface area contributed by atoms with Crippen molar-refractivity contribution >= 4 is 6.41 Å². The molecule has 0 bridgehead atoms. The summed E-state index contributed by atoms with van der Waals surface area (Å²) in [6.07, 6.45) is 4.24. The molecule has 4 nitrogen and oxygen atoms in total. The topological polar surface area (TPSA) is 49.0 Å². The van der Waals surface area contributed by atoms with Gasteiger partial charge in [-0.25, -0.2) is 0 Å². The predicted octanol–water partition coefficient (Wildman–Crippen LogP) is -0.00210. The van der Waals surface area contributed by atoms with E-state index < -0.39 is 0 Å². The molecule has 0 unspecified atom stereocenters. The molecule has 1 aromatic rings. The number of amides is 1. The standard InChI is InChI=1S/C6H9N3O/c1-9(5-10)4-6-2-7-8-3-6/h2-3,5H,4H2,1H3,(H,7,8). The third kappa shape index (κ3) is 1.58. The number of rotatable bonds is 3. The van der Waals surface area contributed by atoms with E-state index in [9.17, 15) is 4.79 Å². The van der Waals surface area contributed by atoms with Crippen LogP contribution in [0.2, 0.25) is 0 Å². The molecule has 54 valence electrons. The lowest BCUT2D eigenvalue weighted by molar-refractivity contribution is -0.117. The molecule has 0 aliphatic heterocycles. The molecule has 0 saturated heterocycles. The maximum atomic E-state index is 10.1. The van der Waals surface area contributed by atoms with E-state index in [0.29, 0.717) is 6.54 Å². The van der Waals surface area contributed by atoms with E-state index in [2.05, 4.69) is 10.2 Å². The first kappa shape index (κ1) is 6.80. The molecule has 10 heavy (non-hydrogen) atoms. The first-order chi connectivity index (χ1) is 4.83. The van der Waals surface area contributed by atoms with Crippen molar-refractivity contribution in [2.45, 2.75) is 6.54 Å². The normalized spacial score (nSPS) is 9.30. The molecule has 1 heterocycles. The molecule has 0 fully saturated rings. The highest BCUT2D eigenvalue weighted by atomic mass is 16.1. The van der Waals surface area contributed by atoms with Crippen LogP contribution in [0.1, 0.15) is 5.56 Å². The monoisotopic (exact) mass is 139 g/mol. The van der Waals surface area contributed by atoms with Gasteiger partial charge < -0.3 is 4.90 Å². The molecule has 0 radical (unpaired) electrons. The molecular weight excluding hydrogens is 130 g/mol. The van der Waals surface area contributed by atoms with Gasteiger partial charge in [0, 0.05) is 25.4 Å². The van der Waals surface area contributed by atoms with Gasteiger partial charge in [-0.1, -0.05) is 0 Å². The van der Waals surface area contributed by atoms with E-state index in [1.54, 1.807) is 24.3 Å². The van der Waals surface area contributed by atoms with Crippen molar-refractivity contribution in [1.29, 1.82) is 0 Å². The summed E-state index contributed by atoms with van der Waals surface area (Å²) in [5.41, 5.74) is 1.01.